The number of amides is 1. The molecule has 4 rings (SSSR count). The summed E-state index contributed by atoms with van der Waals surface area (Å²) >= 11 is 0. The summed E-state index contributed by atoms with van der Waals surface area (Å²) in [7, 11) is 0. The van der Waals surface area contributed by atoms with E-state index in [0.717, 1.165) is 30.6 Å². The predicted molar refractivity (Wildman–Crippen MR) is 106 cm³/mol. The Balaban J connectivity index is 1.22. The fourth-order valence-corrected chi connectivity index (χ4v) is 6.39. The molecule has 0 aromatic rings. The summed E-state index contributed by atoms with van der Waals surface area (Å²) in [5, 5.41) is 3.52. The Morgan fingerprint density at radius 2 is 1.20 bits per heavy atom. The van der Waals surface area contributed by atoms with E-state index in [-0.39, 0.29) is 5.54 Å². The first-order valence-corrected chi connectivity index (χ1v) is 11.5. The first-order chi connectivity index (χ1) is 12.2. The van der Waals surface area contributed by atoms with Gasteiger partial charge in [-0.2, -0.15) is 0 Å². The van der Waals surface area contributed by atoms with Crippen LogP contribution in [0.1, 0.15) is 116 Å². The maximum absolute atomic E-state index is 12.5. The average molecular weight is 348 g/mol. The van der Waals surface area contributed by atoms with Gasteiger partial charge in [0.2, 0.25) is 5.91 Å². The standard InChI is InChI=1S/C23H41NO/c1-2-3-4-5-6-7-8-9-10-11-12-22(25)24-23-16-19-13-20(17-23)15-21(14-19)18-23/h19-21H,2-18H2,1H3,(H,24,25). The molecule has 0 atom stereocenters. The lowest BCUT2D eigenvalue weighted by molar-refractivity contribution is -0.127. The van der Waals surface area contributed by atoms with Crippen LogP contribution in [-0.2, 0) is 4.79 Å². The molecule has 0 spiro atoms. The predicted octanol–water partition coefficient (Wildman–Crippen LogP) is 6.38. The van der Waals surface area contributed by atoms with Crippen LogP contribution in [0, 0.1) is 17.8 Å². The summed E-state index contributed by atoms with van der Waals surface area (Å²) in [4.78, 5) is 12.5. The molecule has 0 aromatic heterocycles. The molecule has 0 unspecified atom stereocenters. The highest BCUT2D eigenvalue weighted by atomic mass is 16.1. The Bertz CT molecular complexity index is 381. The molecular weight excluding hydrogens is 306 g/mol. The quantitative estimate of drug-likeness (QED) is 0.408. The van der Waals surface area contributed by atoms with E-state index in [9.17, 15) is 4.79 Å². The second kappa shape index (κ2) is 9.42. The zero-order valence-electron chi connectivity index (χ0n) is 16.7. The lowest BCUT2D eigenvalue weighted by Gasteiger charge is -2.56. The number of carbonyl (C=O) groups is 1. The molecule has 144 valence electrons. The molecule has 1 amide bonds. The zero-order chi connectivity index (χ0) is 17.5. The Hall–Kier alpha value is -0.530. The minimum absolute atomic E-state index is 0.213. The van der Waals surface area contributed by atoms with Crippen LogP contribution in [0.4, 0.5) is 0 Å². The number of rotatable bonds is 12. The van der Waals surface area contributed by atoms with Crippen molar-refractivity contribution >= 4 is 5.91 Å². The molecule has 1 N–H and O–H groups in total. The Morgan fingerprint density at radius 1 is 0.760 bits per heavy atom. The molecule has 0 aliphatic heterocycles. The van der Waals surface area contributed by atoms with E-state index >= 15 is 0 Å². The van der Waals surface area contributed by atoms with Crippen molar-refractivity contribution in [3.05, 3.63) is 0 Å². The third-order valence-corrected chi connectivity index (χ3v) is 7.20. The van der Waals surface area contributed by atoms with Gasteiger partial charge in [0.15, 0.2) is 0 Å². The van der Waals surface area contributed by atoms with Crippen LogP contribution in [-0.4, -0.2) is 11.4 Å². The van der Waals surface area contributed by atoms with Crippen molar-refractivity contribution in [2.75, 3.05) is 0 Å². The summed E-state index contributed by atoms with van der Waals surface area (Å²) in [6, 6.07) is 0. The first kappa shape index (κ1) is 19.2. The van der Waals surface area contributed by atoms with Crippen LogP contribution in [0.2, 0.25) is 0 Å². The molecule has 0 heterocycles. The van der Waals surface area contributed by atoms with Crippen LogP contribution in [0.25, 0.3) is 0 Å². The topological polar surface area (TPSA) is 29.1 Å². The molecule has 0 radical (unpaired) electrons. The number of hydrogen-bond donors (Lipinski definition) is 1. The number of carbonyl (C=O) groups excluding carboxylic acids is 1. The monoisotopic (exact) mass is 347 g/mol. The molecule has 2 nitrogen and oxygen atoms in total. The van der Waals surface area contributed by atoms with Crippen LogP contribution in [0.3, 0.4) is 0 Å². The van der Waals surface area contributed by atoms with Crippen molar-refractivity contribution in [1.29, 1.82) is 0 Å². The summed E-state index contributed by atoms with van der Waals surface area (Å²) in [5.74, 6) is 3.11. The van der Waals surface area contributed by atoms with Gasteiger partial charge in [-0.15, -0.1) is 0 Å². The fourth-order valence-electron chi connectivity index (χ4n) is 6.39. The normalized spacial score (nSPS) is 32.9. The van der Waals surface area contributed by atoms with E-state index in [1.807, 2.05) is 0 Å². The molecule has 4 saturated carbocycles. The third-order valence-electron chi connectivity index (χ3n) is 7.20. The van der Waals surface area contributed by atoms with Gasteiger partial charge in [-0.05, 0) is 62.7 Å². The smallest absolute Gasteiger partial charge is 0.220 e. The Kier molecular flexibility index (Phi) is 7.25. The maximum Gasteiger partial charge on any atom is 0.220 e. The van der Waals surface area contributed by atoms with Gasteiger partial charge in [0.1, 0.15) is 0 Å². The van der Waals surface area contributed by atoms with Crippen molar-refractivity contribution in [1.82, 2.24) is 5.32 Å². The van der Waals surface area contributed by atoms with E-state index in [1.54, 1.807) is 0 Å². The zero-order valence-corrected chi connectivity index (χ0v) is 16.7. The molecule has 0 saturated heterocycles. The van der Waals surface area contributed by atoms with Gasteiger partial charge >= 0.3 is 0 Å². The molecule has 25 heavy (non-hydrogen) atoms. The fraction of sp³-hybridized carbons (Fsp3) is 0.957. The summed E-state index contributed by atoms with van der Waals surface area (Å²) < 4.78 is 0. The van der Waals surface area contributed by atoms with Crippen LogP contribution >= 0.6 is 0 Å². The van der Waals surface area contributed by atoms with Crippen LogP contribution < -0.4 is 5.32 Å². The number of hydrogen-bond acceptors (Lipinski definition) is 1. The highest BCUT2D eigenvalue weighted by Gasteiger charge is 2.51. The van der Waals surface area contributed by atoms with Gasteiger partial charge in [0.05, 0.1) is 0 Å². The molecule has 4 aliphatic rings. The highest BCUT2D eigenvalue weighted by Crippen LogP contribution is 2.55. The van der Waals surface area contributed by atoms with Crippen LogP contribution in [0.5, 0.6) is 0 Å². The van der Waals surface area contributed by atoms with Gasteiger partial charge in [-0.1, -0.05) is 64.7 Å². The number of nitrogens with one attached hydrogen (secondary N) is 1. The van der Waals surface area contributed by atoms with E-state index < -0.39 is 0 Å². The van der Waals surface area contributed by atoms with Gasteiger partial charge in [0.25, 0.3) is 0 Å². The van der Waals surface area contributed by atoms with Crippen molar-refractivity contribution in [2.24, 2.45) is 17.8 Å². The third kappa shape index (κ3) is 5.73. The lowest BCUT2D eigenvalue weighted by atomic mass is 9.53. The van der Waals surface area contributed by atoms with E-state index in [1.165, 1.54) is 96.3 Å². The molecular formula is C23H41NO. The van der Waals surface area contributed by atoms with E-state index in [4.69, 9.17) is 0 Å². The highest BCUT2D eigenvalue weighted by molar-refractivity contribution is 5.76. The SMILES string of the molecule is CCCCCCCCCCCCC(=O)NC12CC3CC(CC(C3)C1)C2. The lowest BCUT2D eigenvalue weighted by Crippen LogP contribution is -2.59. The van der Waals surface area contributed by atoms with Crippen molar-refractivity contribution in [3.63, 3.8) is 0 Å². The minimum Gasteiger partial charge on any atom is -0.351 e. The second-order valence-corrected chi connectivity index (χ2v) is 9.68. The minimum atomic E-state index is 0.213. The Morgan fingerprint density at radius 3 is 1.68 bits per heavy atom. The largest absolute Gasteiger partial charge is 0.351 e. The first-order valence-electron chi connectivity index (χ1n) is 11.5. The van der Waals surface area contributed by atoms with Crippen molar-refractivity contribution in [2.45, 2.75) is 122 Å². The van der Waals surface area contributed by atoms with Gasteiger partial charge < -0.3 is 5.32 Å². The molecule has 4 aliphatic carbocycles. The summed E-state index contributed by atoms with van der Waals surface area (Å²) in [5.41, 5.74) is 0.213. The molecule has 4 bridgehead atoms. The average Bonchev–Trinajstić information content (AvgIpc) is 2.55. The summed E-state index contributed by atoms with van der Waals surface area (Å²) in [6.45, 7) is 2.28. The molecule has 2 heteroatoms. The second-order valence-electron chi connectivity index (χ2n) is 9.68. The van der Waals surface area contributed by atoms with Gasteiger partial charge in [-0.3, -0.25) is 4.79 Å². The van der Waals surface area contributed by atoms with Gasteiger partial charge in [0, 0.05) is 12.0 Å². The van der Waals surface area contributed by atoms with E-state index in [2.05, 4.69) is 12.2 Å². The molecule has 0 aromatic carbocycles. The number of unbranched alkanes of at least 4 members (excludes halogenated alkanes) is 9. The van der Waals surface area contributed by atoms with Crippen molar-refractivity contribution in [3.8, 4) is 0 Å². The van der Waals surface area contributed by atoms with Crippen LogP contribution in [0.15, 0.2) is 0 Å². The molecule has 4 fully saturated rings. The Labute approximate surface area is 155 Å². The maximum atomic E-state index is 12.5. The van der Waals surface area contributed by atoms with Gasteiger partial charge in [-0.25, -0.2) is 0 Å². The summed E-state index contributed by atoms with van der Waals surface area (Å²) in [6.07, 6.45) is 22.3. The van der Waals surface area contributed by atoms with Crippen molar-refractivity contribution < 1.29 is 4.79 Å². The van der Waals surface area contributed by atoms with E-state index in [0.29, 0.717) is 5.91 Å².